The van der Waals surface area contributed by atoms with E-state index < -0.39 is 0 Å². The Morgan fingerprint density at radius 3 is 2.49 bits per heavy atom. The van der Waals surface area contributed by atoms with Gasteiger partial charge < -0.3 is 9.64 Å². The van der Waals surface area contributed by atoms with Crippen molar-refractivity contribution in [1.82, 2.24) is 14.7 Å². The van der Waals surface area contributed by atoms with Gasteiger partial charge in [0.15, 0.2) is 0 Å². The number of rotatable bonds is 8. The number of hydrogen-bond donors (Lipinski definition) is 0. The minimum absolute atomic E-state index is 0.125. The van der Waals surface area contributed by atoms with Crippen LogP contribution < -0.4 is 4.74 Å². The third-order valence-electron chi connectivity index (χ3n) is 5.80. The normalized spacial score (nSPS) is 10.9. The predicted octanol–water partition coefficient (Wildman–Crippen LogP) is 7.67. The number of carbonyl (C=O) groups is 1. The second kappa shape index (κ2) is 11.0. The number of benzene rings is 3. The van der Waals surface area contributed by atoms with E-state index in [2.05, 4.69) is 0 Å². The summed E-state index contributed by atoms with van der Waals surface area (Å²) in [4.78, 5) is 15.9. The van der Waals surface area contributed by atoms with Crippen molar-refractivity contribution in [2.45, 2.75) is 20.0 Å². The first-order valence-electron chi connectivity index (χ1n) is 11.6. The highest BCUT2D eigenvalue weighted by atomic mass is 35.5. The number of ether oxygens (including phenoxy) is 1. The molecule has 3 aromatic carbocycles. The number of hydrogen-bond acceptors (Lipinski definition) is 4. The highest BCUT2D eigenvalue weighted by Crippen LogP contribution is 2.33. The monoisotopic (exact) mass is 531 g/mol. The molecule has 5 nitrogen and oxygen atoms in total. The number of para-hydroxylation sites is 1. The van der Waals surface area contributed by atoms with Gasteiger partial charge in [-0.05, 0) is 66.4 Å². The molecule has 0 fully saturated rings. The maximum atomic E-state index is 13.6. The van der Waals surface area contributed by atoms with E-state index in [1.165, 1.54) is 23.5 Å². The molecule has 0 aliphatic heterocycles. The van der Waals surface area contributed by atoms with E-state index in [1.807, 2.05) is 66.9 Å². The van der Waals surface area contributed by atoms with Crippen LogP contribution in [0.25, 0.3) is 5.69 Å². The van der Waals surface area contributed by atoms with Gasteiger partial charge in [0.2, 0.25) is 5.88 Å². The molecule has 8 heteroatoms. The van der Waals surface area contributed by atoms with Crippen LogP contribution in [0, 0.1) is 12.7 Å². The molecule has 186 valence electrons. The quantitative estimate of drug-likeness (QED) is 0.206. The molecule has 0 aliphatic rings. The zero-order valence-corrected chi connectivity index (χ0v) is 21.5. The minimum atomic E-state index is -0.322. The van der Waals surface area contributed by atoms with Crippen LogP contribution in [0.3, 0.4) is 0 Å². The van der Waals surface area contributed by atoms with E-state index in [1.54, 1.807) is 33.8 Å². The van der Waals surface area contributed by atoms with E-state index in [0.717, 1.165) is 16.8 Å². The topological polar surface area (TPSA) is 47.4 Å². The van der Waals surface area contributed by atoms with Gasteiger partial charge in [-0.25, -0.2) is 9.07 Å². The largest absolute Gasteiger partial charge is 0.439 e. The first kappa shape index (κ1) is 24.7. The summed E-state index contributed by atoms with van der Waals surface area (Å²) >= 11 is 7.66. The minimum Gasteiger partial charge on any atom is -0.439 e. The van der Waals surface area contributed by atoms with Crippen molar-refractivity contribution in [2.24, 2.45) is 0 Å². The van der Waals surface area contributed by atoms with Crippen LogP contribution in [0.1, 0.15) is 26.5 Å². The molecule has 0 bridgehead atoms. The molecule has 0 radical (unpaired) electrons. The number of halogens is 2. The highest BCUT2D eigenvalue weighted by Gasteiger charge is 2.25. The Morgan fingerprint density at radius 1 is 1.00 bits per heavy atom. The molecule has 5 rings (SSSR count). The van der Waals surface area contributed by atoms with Gasteiger partial charge in [-0.1, -0.05) is 54.1 Å². The van der Waals surface area contributed by atoms with E-state index in [0.29, 0.717) is 33.8 Å². The molecular formula is C29H23ClFN3O2S. The SMILES string of the molecule is Cc1nn(-c2cccc(Cl)c2)c(Oc2ccccc2)c1CN(Cc1ccc(F)cc1)C(=O)c1cccs1. The summed E-state index contributed by atoms with van der Waals surface area (Å²) in [5.41, 5.74) is 3.03. The average molecular weight is 532 g/mol. The second-order valence-electron chi connectivity index (χ2n) is 8.44. The summed E-state index contributed by atoms with van der Waals surface area (Å²) < 4.78 is 21.6. The molecule has 0 aliphatic carbocycles. The van der Waals surface area contributed by atoms with E-state index in [-0.39, 0.29) is 18.3 Å². The van der Waals surface area contributed by atoms with Crippen LogP contribution >= 0.6 is 22.9 Å². The van der Waals surface area contributed by atoms with Crippen molar-refractivity contribution in [3.63, 3.8) is 0 Å². The van der Waals surface area contributed by atoms with E-state index in [4.69, 9.17) is 21.4 Å². The fraction of sp³-hybridized carbons (Fsp3) is 0.103. The molecule has 0 spiro atoms. The van der Waals surface area contributed by atoms with Crippen molar-refractivity contribution >= 4 is 28.8 Å². The first-order valence-corrected chi connectivity index (χ1v) is 12.9. The fourth-order valence-electron chi connectivity index (χ4n) is 3.96. The molecule has 0 saturated heterocycles. The summed E-state index contributed by atoms with van der Waals surface area (Å²) in [5.74, 6) is 0.688. The lowest BCUT2D eigenvalue weighted by molar-refractivity contribution is 0.0734. The van der Waals surface area contributed by atoms with E-state index >= 15 is 0 Å². The Kier molecular flexibility index (Phi) is 7.35. The van der Waals surface area contributed by atoms with Crippen LogP contribution in [0.4, 0.5) is 4.39 Å². The third kappa shape index (κ3) is 5.74. The lowest BCUT2D eigenvalue weighted by Crippen LogP contribution is -2.30. The molecular weight excluding hydrogens is 509 g/mol. The molecule has 0 saturated carbocycles. The molecule has 0 atom stereocenters. The van der Waals surface area contributed by atoms with Gasteiger partial charge in [-0.3, -0.25) is 4.79 Å². The Balaban J connectivity index is 1.57. The van der Waals surface area contributed by atoms with E-state index in [9.17, 15) is 9.18 Å². The smallest absolute Gasteiger partial charge is 0.264 e. The summed E-state index contributed by atoms with van der Waals surface area (Å²) in [5, 5.41) is 7.20. The van der Waals surface area contributed by atoms with Crippen LogP contribution in [-0.4, -0.2) is 20.6 Å². The van der Waals surface area contributed by atoms with Gasteiger partial charge in [0.25, 0.3) is 5.91 Å². The maximum Gasteiger partial charge on any atom is 0.264 e. The number of nitrogens with zero attached hydrogens (tertiary/aromatic N) is 3. The van der Waals surface area contributed by atoms with Crippen LogP contribution in [0.2, 0.25) is 5.02 Å². The van der Waals surface area contributed by atoms with Crippen LogP contribution in [0.5, 0.6) is 11.6 Å². The fourth-order valence-corrected chi connectivity index (χ4v) is 4.84. The molecule has 1 amide bonds. The van der Waals surface area contributed by atoms with Gasteiger partial charge in [0.1, 0.15) is 11.6 Å². The molecule has 5 aromatic rings. The zero-order valence-electron chi connectivity index (χ0n) is 20.0. The molecule has 2 heterocycles. The summed E-state index contributed by atoms with van der Waals surface area (Å²) in [7, 11) is 0. The average Bonchev–Trinajstić information content (AvgIpc) is 3.54. The number of aromatic nitrogens is 2. The van der Waals surface area contributed by atoms with Crippen molar-refractivity contribution in [3.05, 3.63) is 129 Å². The van der Waals surface area contributed by atoms with Crippen molar-refractivity contribution in [2.75, 3.05) is 0 Å². The van der Waals surface area contributed by atoms with Gasteiger partial charge in [-0.15, -0.1) is 11.3 Å². The maximum absolute atomic E-state index is 13.6. The Bertz CT molecular complexity index is 1500. The van der Waals surface area contributed by atoms with Crippen molar-refractivity contribution in [3.8, 4) is 17.3 Å². The molecule has 37 heavy (non-hydrogen) atoms. The van der Waals surface area contributed by atoms with Crippen LogP contribution in [0.15, 0.2) is 96.4 Å². The Morgan fingerprint density at radius 2 is 1.78 bits per heavy atom. The Labute approximate surface area is 223 Å². The van der Waals surface area contributed by atoms with Crippen molar-refractivity contribution in [1.29, 1.82) is 0 Å². The van der Waals surface area contributed by atoms with Crippen LogP contribution in [-0.2, 0) is 13.1 Å². The second-order valence-corrected chi connectivity index (χ2v) is 9.83. The number of thiophene rings is 1. The molecule has 0 N–H and O–H groups in total. The predicted molar refractivity (Wildman–Crippen MR) is 144 cm³/mol. The van der Waals surface area contributed by atoms with Gasteiger partial charge in [0, 0.05) is 11.6 Å². The first-order chi connectivity index (χ1) is 18.0. The lowest BCUT2D eigenvalue weighted by atomic mass is 10.1. The lowest BCUT2D eigenvalue weighted by Gasteiger charge is -2.23. The summed E-state index contributed by atoms with van der Waals surface area (Å²) in [6.07, 6.45) is 0. The summed E-state index contributed by atoms with van der Waals surface area (Å²) in [6, 6.07) is 26.6. The standard InChI is InChI=1S/C29H23ClFN3O2S/c1-20-26(19-33(28(35)27-11-6-16-37-27)18-21-12-14-23(31)15-13-21)29(36-25-9-3-2-4-10-25)34(32-20)24-8-5-7-22(30)17-24/h2-17H,18-19H2,1H3. The van der Waals surface area contributed by atoms with Gasteiger partial charge >= 0.3 is 0 Å². The number of carbonyl (C=O) groups excluding carboxylic acids is 1. The zero-order chi connectivity index (χ0) is 25.8. The van der Waals surface area contributed by atoms with Gasteiger partial charge in [-0.2, -0.15) is 5.10 Å². The third-order valence-corrected chi connectivity index (χ3v) is 6.90. The Hall–Kier alpha value is -3.94. The molecule has 0 unspecified atom stereocenters. The number of amides is 1. The van der Waals surface area contributed by atoms with Crippen molar-refractivity contribution < 1.29 is 13.9 Å². The van der Waals surface area contributed by atoms with Gasteiger partial charge in [0.05, 0.1) is 28.4 Å². The number of aryl methyl sites for hydroxylation is 1. The molecule has 2 aromatic heterocycles. The summed E-state index contributed by atoms with van der Waals surface area (Å²) in [6.45, 7) is 2.42. The highest BCUT2D eigenvalue weighted by molar-refractivity contribution is 7.12.